The summed E-state index contributed by atoms with van der Waals surface area (Å²) in [6, 6.07) is 0. The topological polar surface area (TPSA) is 69.8 Å². The van der Waals surface area contributed by atoms with Crippen molar-refractivity contribution in [2.75, 3.05) is 0 Å². The summed E-state index contributed by atoms with van der Waals surface area (Å²) < 4.78 is 2.83. The lowest BCUT2D eigenvalue weighted by molar-refractivity contribution is 0.0472. The van der Waals surface area contributed by atoms with Crippen molar-refractivity contribution in [3.63, 3.8) is 0 Å². The largest absolute Gasteiger partial charge is 0.275 e. The van der Waals surface area contributed by atoms with E-state index in [0.717, 1.165) is 19.3 Å². The quantitative estimate of drug-likeness (QED) is 0.784. The lowest BCUT2D eigenvalue weighted by Gasteiger charge is -2.33. The Morgan fingerprint density at radius 1 is 0.850 bits per heavy atom. The highest BCUT2D eigenvalue weighted by molar-refractivity contribution is 6.06. The van der Waals surface area contributed by atoms with E-state index < -0.39 is 5.41 Å². The maximum absolute atomic E-state index is 12.8. The van der Waals surface area contributed by atoms with E-state index in [9.17, 15) is 9.59 Å². The zero-order valence-corrected chi connectivity index (χ0v) is 11.1. The summed E-state index contributed by atoms with van der Waals surface area (Å²) in [5.41, 5.74) is -0.986. The van der Waals surface area contributed by atoms with E-state index in [4.69, 9.17) is 0 Å². The van der Waals surface area contributed by atoms with Gasteiger partial charge in [0.2, 0.25) is 11.8 Å². The van der Waals surface area contributed by atoms with Crippen LogP contribution in [0.3, 0.4) is 0 Å². The highest BCUT2D eigenvalue weighted by Gasteiger charge is 2.47. The molecule has 1 fully saturated rings. The molecule has 0 amide bonds. The molecule has 0 unspecified atom stereocenters. The number of rotatable bonds is 2. The normalized spacial score (nSPS) is 17.8. The Morgan fingerprint density at radius 2 is 1.35 bits per heavy atom. The van der Waals surface area contributed by atoms with Gasteiger partial charge in [0.15, 0.2) is 0 Å². The molecule has 2 heterocycles. The van der Waals surface area contributed by atoms with Crippen molar-refractivity contribution in [1.29, 1.82) is 0 Å². The predicted molar refractivity (Wildman–Crippen MR) is 71.2 cm³/mol. The molecule has 0 aliphatic heterocycles. The summed E-state index contributed by atoms with van der Waals surface area (Å²) in [5, 5.41) is 0. The molecule has 0 atom stereocenters. The molecule has 6 heteroatoms. The van der Waals surface area contributed by atoms with Crippen LogP contribution in [0, 0.1) is 5.41 Å². The molecule has 0 radical (unpaired) electrons. The average molecular weight is 272 g/mol. The third-order valence-electron chi connectivity index (χ3n) is 4.00. The number of hydrogen-bond donors (Lipinski definition) is 0. The standard InChI is InChI=1S/C14H16N4O2/c19-12(17-8-6-15-10-17)14(4-2-1-3-5-14)13(20)18-9-7-16-11-18/h6-11H,1-5H2. The highest BCUT2D eigenvalue weighted by atomic mass is 16.2. The SMILES string of the molecule is O=C(n1ccnc1)C1(C(=O)n2ccnc2)CCCCC1. The first kappa shape index (κ1) is 12.8. The first-order valence-electron chi connectivity index (χ1n) is 6.79. The second-order valence-corrected chi connectivity index (χ2v) is 5.19. The highest BCUT2D eigenvalue weighted by Crippen LogP contribution is 2.39. The van der Waals surface area contributed by atoms with Gasteiger partial charge in [-0.1, -0.05) is 19.3 Å². The van der Waals surface area contributed by atoms with Crippen LogP contribution >= 0.6 is 0 Å². The molecular weight excluding hydrogens is 256 g/mol. The summed E-state index contributed by atoms with van der Waals surface area (Å²) >= 11 is 0. The van der Waals surface area contributed by atoms with Crippen molar-refractivity contribution in [3.05, 3.63) is 37.4 Å². The van der Waals surface area contributed by atoms with Gasteiger partial charge in [-0.2, -0.15) is 0 Å². The summed E-state index contributed by atoms with van der Waals surface area (Å²) in [6.07, 6.45) is 13.2. The summed E-state index contributed by atoms with van der Waals surface area (Å²) in [5.74, 6) is -0.373. The molecule has 3 rings (SSSR count). The number of carbonyl (C=O) groups is 2. The van der Waals surface area contributed by atoms with E-state index >= 15 is 0 Å². The second-order valence-electron chi connectivity index (χ2n) is 5.19. The van der Waals surface area contributed by atoms with Gasteiger partial charge in [-0.3, -0.25) is 18.7 Å². The van der Waals surface area contributed by atoms with Gasteiger partial charge in [0.1, 0.15) is 18.1 Å². The van der Waals surface area contributed by atoms with E-state index in [0.29, 0.717) is 12.8 Å². The number of hydrogen-bond acceptors (Lipinski definition) is 4. The summed E-state index contributed by atoms with van der Waals surface area (Å²) in [4.78, 5) is 33.4. The number of nitrogens with zero attached hydrogens (tertiary/aromatic N) is 4. The maximum Gasteiger partial charge on any atom is 0.247 e. The van der Waals surface area contributed by atoms with Gasteiger partial charge in [0.25, 0.3) is 0 Å². The Kier molecular flexibility index (Phi) is 3.22. The van der Waals surface area contributed by atoms with Gasteiger partial charge >= 0.3 is 0 Å². The van der Waals surface area contributed by atoms with Crippen LogP contribution in [-0.2, 0) is 0 Å². The van der Waals surface area contributed by atoms with Crippen LogP contribution in [0.2, 0.25) is 0 Å². The molecule has 104 valence electrons. The van der Waals surface area contributed by atoms with Gasteiger partial charge in [-0.25, -0.2) is 9.97 Å². The van der Waals surface area contributed by atoms with Crippen LogP contribution < -0.4 is 0 Å². The molecular formula is C14H16N4O2. The first-order valence-corrected chi connectivity index (χ1v) is 6.79. The van der Waals surface area contributed by atoms with Crippen LogP contribution in [0.25, 0.3) is 0 Å². The second kappa shape index (κ2) is 5.03. The molecule has 1 aliphatic rings. The number of aromatic nitrogens is 4. The molecule has 2 aromatic heterocycles. The van der Waals surface area contributed by atoms with E-state index in [1.807, 2.05) is 0 Å². The summed E-state index contributed by atoms with van der Waals surface area (Å²) in [6.45, 7) is 0. The van der Waals surface area contributed by atoms with Crippen molar-refractivity contribution in [1.82, 2.24) is 19.1 Å². The monoisotopic (exact) mass is 272 g/mol. The zero-order valence-electron chi connectivity index (χ0n) is 11.1. The fourth-order valence-corrected chi connectivity index (χ4v) is 2.93. The van der Waals surface area contributed by atoms with Crippen LogP contribution in [0.15, 0.2) is 37.4 Å². The lowest BCUT2D eigenvalue weighted by Crippen LogP contribution is -2.45. The van der Waals surface area contributed by atoms with Crippen LogP contribution in [0.5, 0.6) is 0 Å². The third-order valence-corrected chi connectivity index (χ3v) is 4.00. The minimum atomic E-state index is -0.986. The van der Waals surface area contributed by atoms with Gasteiger partial charge in [-0.15, -0.1) is 0 Å². The molecule has 0 spiro atoms. The fraction of sp³-hybridized carbons (Fsp3) is 0.429. The number of imidazole rings is 2. The molecule has 1 aliphatic carbocycles. The Labute approximate surface area is 116 Å². The molecule has 1 saturated carbocycles. The lowest BCUT2D eigenvalue weighted by atomic mass is 9.72. The van der Waals surface area contributed by atoms with Crippen LogP contribution in [0.1, 0.15) is 41.7 Å². The van der Waals surface area contributed by atoms with Crippen molar-refractivity contribution >= 4 is 11.8 Å². The Hall–Kier alpha value is -2.24. The van der Waals surface area contributed by atoms with Crippen molar-refractivity contribution in [3.8, 4) is 0 Å². The van der Waals surface area contributed by atoms with Gasteiger partial charge in [-0.05, 0) is 12.8 Å². The first-order chi connectivity index (χ1) is 9.74. The predicted octanol–water partition coefficient (Wildman–Crippen LogP) is 2.01. The van der Waals surface area contributed by atoms with Crippen molar-refractivity contribution < 1.29 is 9.59 Å². The smallest absolute Gasteiger partial charge is 0.247 e. The molecule has 6 nitrogen and oxygen atoms in total. The van der Waals surface area contributed by atoms with Crippen LogP contribution in [-0.4, -0.2) is 30.9 Å². The zero-order chi connectivity index (χ0) is 14.0. The molecule has 0 aromatic carbocycles. The maximum atomic E-state index is 12.8. The van der Waals surface area contributed by atoms with E-state index in [-0.39, 0.29) is 11.8 Å². The van der Waals surface area contributed by atoms with Crippen molar-refractivity contribution in [2.45, 2.75) is 32.1 Å². The average Bonchev–Trinajstić information content (AvgIpc) is 3.19. The minimum absolute atomic E-state index is 0.187. The Bertz CT molecular complexity index is 547. The molecule has 0 saturated heterocycles. The van der Waals surface area contributed by atoms with E-state index in [2.05, 4.69) is 9.97 Å². The van der Waals surface area contributed by atoms with Gasteiger partial charge < -0.3 is 0 Å². The molecule has 0 bridgehead atoms. The minimum Gasteiger partial charge on any atom is -0.275 e. The van der Waals surface area contributed by atoms with E-state index in [1.54, 1.807) is 24.8 Å². The Morgan fingerprint density at radius 3 is 1.75 bits per heavy atom. The van der Waals surface area contributed by atoms with Gasteiger partial charge in [0.05, 0.1) is 0 Å². The van der Waals surface area contributed by atoms with Crippen LogP contribution in [0.4, 0.5) is 0 Å². The van der Waals surface area contributed by atoms with E-state index in [1.165, 1.54) is 21.8 Å². The van der Waals surface area contributed by atoms with Crippen molar-refractivity contribution in [2.24, 2.45) is 5.41 Å². The molecule has 2 aromatic rings. The van der Waals surface area contributed by atoms with Gasteiger partial charge in [0, 0.05) is 24.8 Å². The third kappa shape index (κ3) is 1.97. The molecule has 20 heavy (non-hydrogen) atoms. The summed E-state index contributed by atoms with van der Waals surface area (Å²) in [7, 11) is 0. The fourth-order valence-electron chi connectivity index (χ4n) is 2.93. The Balaban J connectivity index is 2.00. The number of carbonyl (C=O) groups excluding carboxylic acids is 2. The molecule has 0 N–H and O–H groups in total.